The fourth-order valence-electron chi connectivity index (χ4n) is 0.595. The Bertz CT molecular complexity index is 237. The molecule has 4 heteroatoms. The Balaban J connectivity index is 3.07. The lowest BCUT2D eigenvalue weighted by atomic mass is 10.3. The van der Waals surface area contributed by atoms with Crippen LogP contribution in [0.3, 0.4) is 0 Å². The first-order chi connectivity index (χ1) is 4.74. The highest BCUT2D eigenvalue weighted by Gasteiger charge is 1.97. The first-order valence-corrected chi connectivity index (χ1v) is 4.61. The Morgan fingerprint density at radius 3 is 2.80 bits per heavy atom. The van der Waals surface area contributed by atoms with Crippen molar-refractivity contribution in [3.8, 4) is 0 Å². The van der Waals surface area contributed by atoms with Crippen molar-refractivity contribution in [2.45, 2.75) is 5.33 Å². The number of hydrogen-bond donors (Lipinski definition) is 1. The average molecular weight is 266 g/mol. The molecule has 0 unspecified atom stereocenters. The Kier molecular flexibility index (Phi) is 2.68. The molecule has 0 bridgehead atoms. The summed E-state index contributed by atoms with van der Waals surface area (Å²) in [5.74, 6) is 0. The number of nitrogens with zero attached hydrogens (tertiary/aromatic N) is 1. The van der Waals surface area contributed by atoms with Gasteiger partial charge in [0.05, 0.1) is 11.4 Å². The average Bonchev–Trinajstić information content (AvgIpc) is 1.88. The van der Waals surface area contributed by atoms with Gasteiger partial charge in [0.25, 0.3) is 0 Å². The van der Waals surface area contributed by atoms with E-state index in [1.165, 1.54) is 0 Å². The summed E-state index contributed by atoms with van der Waals surface area (Å²) in [4.78, 5) is 4.08. The van der Waals surface area contributed by atoms with Gasteiger partial charge >= 0.3 is 0 Å². The minimum Gasteiger partial charge on any atom is -0.397 e. The minimum absolute atomic E-state index is 0.701. The number of halogens is 2. The van der Waals surface area contributed by atoms with Gasteiger partial charge < -0.3 is 5.73 Å². The zero-order chi connectivity index (χ0) is 7.56. The number of alkyl halides is 1. The summed E-state index contributed by atoms with van der Waals surface area (Å²) >= 11 is 6.54. The molecule has 0 aliphatic heterocycles. The second-order valence-corrected chi connectivity index (χ2v) is 3.30. The zero-order valence-corrected chi connectivity index (χ0v) is 8.31. The van der Waals surface area contributed by atoms with E-state index >= 15 is 0 Å². The van der Waals surface area contributed by atoms with Gasteiger partial charge in [-0.1, -0.05) is 15.9 Å². The van der Waals surface area contributed by atoms with E-state index in [0.29, 0.717) is 11.0 Å². The molecule has 1 rings (SSSR count). The Hall–Kier alpha value is -0.0900. The number of pyridine rings is 1. The zero-order valence-electron chi connectivity index (χ0n) is 5.14. The topological polar surface area (TPSA) is 38.9 Å². The first kappa shape index (κ1) is 8.01. The predicted octanol–water partition coefficient (Wildman–Crippen LogP) is 2.32. The van der Waals surface area contributed by atoms with Crippen molar-refractivity contribution in [1.82, 2.24) is 4.98 Å². The van der Waals surface area contributed by atoms with Gasteiger partial charge in [0.1, 0.15) is 0 Å². The highest BCUT2D eigenvalue weighted by molar-refractivity contribution is 9.10. The van der Waals surface area contributed by atoms with Gasteiger partial charge in [-0.15, -0.1) is 0 Å². The van der Waals surface area contributed by atoms with Gasteiger partial charge in [-0.05, 0) is 22.0 Å². The maximum Gasteiger partial charge on any atom is 0.0738 e. The highest BCUT2D eigenvalue weighted by Crippen LogP contribution is 2.17. The lowest BCUT2D eigenvalue weighted by Gasteiger charge is -1.99. The third-order valence-electron chi connectivity index (χ3n) is 1.10. The minimum atomic E-state index is 0.701. The molecule has 54 valence electrons. The van der Waals surface area contributed by atoms with E-state index in [2.05, 4.69) is 36.8 Å². The quantitative estimate of drug-likeness (QED) is 0.792. The van der Waals surface area contributed by atoms with Crippen LogP contribution in [0.1, 0.15) is 5.69 Å². The molecule has 2 nitrogen and oxygen atoms in total. The lowest BCUT2D eigenvalue weighted by molar-refractivity contribution is 1.18. The summed E-state index contributed by atoms with van der Waals surface area (Å²) in [6, 6.07) is 1.84. The van der Waals surface area contributed by atoms with Crippen LogP contribution in [-0.4, -0.2) is 4.98 Å². The maximum atomic E-state index is 5.61. The van der Waals surface area contributed by atoms with E-state index in [0.717, 1.165) is 10.2 Å². The molecule has 1 aromatic rings. The van der Waals surface area contributed by atoms with Gasteiger partial charge in [0, 0.05) is 16.0 Å². The molecule has 0 aromatic carbocycles. The molecule has 0 saturated heterocycles. The molecular formula is C6H6Br2N2. The molecule has 1 aromatic heterocycles. The summed E-state index contributed by atoms with van der Waals surface area (Å²) in [6.07, 6.45) is 1.73. The van der Waals surface area contributed by atoms with Crippen LogP contribution in [0.2, 0.25) is 0 Å². The summed E-state index contributed by atoms with van der Waals surface area (Å²) in [7, 11) is 0. The van der Waals surface area contributed by atoms with Gasteiger partial charge in [-0.25, -0.2) is 0 Å². The molecular weight excluding hydrogens is 260 g/mol. The van der Waals surface area contributed by atoms with Crippen molar-refractivity contribution in [3.63, 3.8) is 0 Å². The van der Waals surface area contributed by atoms with Crippen LogP contribution < -0.4 is 5.73 Å². The number of rotatable bonds is 1. The van der Waals surface area contributed by atoms with Gasteiger partial charge in [0.2, 0.25) is 0 Å². The summed E-state index contributed by atoms with van der Waals surface area (Å²) in [5, 5.41) is 0.701. The summed E-state index contributed by atoms with van der Waals surface area (Å²) in [6.45, 7) is 0. The van der Waals surface area contributed by atoms with E-state index in [1.807, 2.05) is 6.07 Å². The third kappa shape index (κ3) is 1.70. The normalized spacial score (nSPS) is 9.80. The van der Waals surface area contributed by atoms with Gasteiger partial charge in [-0.2, -0.15) is 0 Å². The fraction of sp³-hybridized carbons (Fsp3) is 0.167. The smallest absolute Gasteiger partial charge is 0.0738 e. The third-order valence-corrected chi connectivity index (χ3v) is 2.06. The highest BCUT2D eigenvalue weighted by atomic mass is 79.9. The van der Waals surface area contributed by atoms with Crippen molar-refractivity contribution in [2.24, 2.45) is 0 Å². The molecule has 1 heterocycles. The number of aromatic nitrogens is 1. The molecule has 0 aliphatic rings. The fourth-order valence-corrected chi connectivity index (χ4v) is 1.41. The van der Waals surface area contributed by atoms with Crippen molar-refractivity contribution in [3.05, 3.63) is 22.4 Å². The summed E-state index contributed by atoms with van der Waals surface area (Å²) < 4.78 is 0.912. The van der Waals surface area contributed by atoms with E-state index in [1.54, 1.807) is 6.20 Å². The van der Waals surface area contributed by atoms with E-state index in [9.17, 15) is 0 Å². The van der Waals surface area contributed by atoms with Crippen LogP contribution in [0.25, 0.3) is 0 Å². The monoisotopic (exact) mass is 264 g/mol. The van der Waals surface area contributed by atoms with Crippen molar-refractivity contribution in [1.29, 1.82) is 0 Å². The molecule has 0 radical (unpaired) electrons. The SMILES string of the molecule is Nc1cc(Br)cnc1CBr. The molecule has 0 aliphatic carbocycles. The Labute approximate surface area is 76.1 Å². The Morgan fingerprint density at radius 2 is 2.30 bits per heavy atom. The molecule has 0 fully saturated rings. The van der Waals surface area contributed by atoms with Crippen LogP contribution in [0.4, 0.5) is 5.69 Å². The second-order valence-electron chi connectivity index (χ2n) is 1.82. The van der Waals surface area contributed by atoms with Gasteiger partial charge in [0.15, 0.2) is 0 Å². The molecule has 0 spiro atoms. The van der Waals surface area contributed by atoms with Crippen molar-refractivity contribution >= 4 is 37.5 Å². The largest absolute Gasteiger partial charge is 0.397 e. The number of nitrogens with two attached hydrogens (primary N) is 1. The van der Waals surface area contributed by atoms with Crippen LogP contribution in [-0.2, 0) is 5.33 Å². The lowest BCUT2D eigenvalue weighted by Crippen LogP contribution is -1.94. The maximum absolute atomic E-state index is 5.61. The summed E-state index contributed by atoms with van der Waals surface area (Å²) in [5.41, 5.74) is 7.20. The Morgan fingerprint density at radius 1 is 1.60 bits per heavy atom. The standard InChI is InChI=1S/C6H6Br2N2/c7-2-6-5(9)1-4(8)3-10-6/h1,3H,2,9H2. The van der Waals surface area contributed by atoms with Gasteiger partial charge in [-0.3, -0.25) is 4.98 Å². The molecule has 10 heavy (non-hydrogen) atoms. The van der Waals surface area contributed by atoms with Crippen LogP contribution in [0.15, 0.2) is 16.7 Å². The molecule has 0 atom stereocenters. The molecule has 0 saturated carbocycles. The van der Waals surface area contributed by atoms with Crippen LogP contribution in [0, 0.1) is 0 Å². The van der Waals surface area contributed by atoms with Crippen molar-refractivity contribution in [2.75, 3.05) is 5.73 Å². The van der Waals surface area contributed by atoms with Crippen LogP contribution >= 0.6 is 31.9 Å². The number of anilines is 1. The van der Waals surface area contributed by atoms with Crippen LogP contribution in [0.5, 0.6) is 0 Å². The number of hydrogen-bond acceptors (Lipinski definition) is 2. The van der Waals surface area contributed by atoms with E-state index < -0.39 is 0 Å². The first-order valence-electron chi connectivity index (χ1n) is 2.70. The number of nitrogen functional groups attached to an aromatic ring is 1. The van der Waals surface area contributed by atoms with E-state index in [4.69, 9.17) is 5.73 Å². The van der Waals surface area contributed by atoms with Crippen molar-refractivity contribution < 1.29 is 0 Å². The second kappa shape index (κ2) is 3.34. The predicted molar refractivity (Wildman–Crippen MR) is 49.0 cm³/mol. The van der Waals surface area contributed by atoms with E-state index in [-0.39, 0.29) is 0 Å². The molecule has 2 N–H and O–H groups in total. The molecule has 0 amide bonds.